The Morgan fingerprint density at radius 1 is 1.32 bits per heavy atom. The van der Waals surface area contributed by atoms with Gasteiger partial charge in [0.25, 0.3) is 0 Å². The maximum absolute atomic E-state index is 12.0. The summed E-state index contributed by atoms with van der Waals surface area (Å²) < 4.78 is 5.79. The summed E-state index contributed by atoms with van der Waals surface area (Å²) in [6.07, 6.45) is 4.64. The number of ketones is 1. The van der Waals surface area contributed by atoms with E-state index in [1.54, 1.807) is 0 Å². The number of phenolic OH excluding ortho intramolecular Hbond substituents is 2. The lowest BCUT2D eigenvalue weighted by molar-refractivity contribution is 0.0372. The second-order valence-corrected chi connectivity index (χ2v) is 5.03. The molecule has 4 nitrogen and oxygen atoms in total. The van der Waals surface area contributed by atoms with Crippen LogP contribution in [0.2, 0.25) is 0 Å². The Morgan fingerprint density at radius 3 is 2.68 bits per heavy atom. The molecule has 2 rings (SSSR count). The van der Waals surface area contributed by atoms with Crippen molar-refractivity contribution >= 4 is 5.78 Å². The Bertz CT molecular complexity index is 455. The first-order chi connectivity index (χ1) is 9.10. The summed E-state index contributed by atoms with van der Waals surface area (Å²) in [5.41, 5.74) is 0.267. The second-order valence-electron chi connectivity index (χ2n) is 5.03. The third kappa shape index (κ3) is 3.47. The fourth-order valence-electron chi connectivity index (χ4n) is 2.48. The summed E-state index contributed by atoms with van der Waals surface area (Å²) in [5, 5.41) is 18.8. The molecule has 0 bridgehead atoms. The van der Waals surface area contributed by atoms with Crippen molar-refractivity contribution in [1.82, 2.24) is 0 Å². The zero-order valence-electron chi connectivity index (χ0n) is 11.1. The molecular formula is C15H20O4. The van der Waals surface area contributed by atoms with E-state index in [1.165, 1.54) is 18.2 Å². The van der Waals surface area contributed by atoms with E-state index in [-0.39, 0.29) is 28.9 Å². The first kappa shape index (κ1) is 13.9. The minimum Gasteiger partial charge on any atom is -0.508 e. The molecule has 0 aliphatic carbocycles. The number of rotatable bonds is 5. The van der Waals surface area contributed by atoms with E-state index in [9.17, 15) is 15.0 Å². The first-order valence-corrected chi connectivity index (χ1v) is 6.80. The lowest BCUT2D eigenvalue weighted by Gasteiger charge is -2.12. The average Bonchev–Trinajstić information content (AvgIpc) is 2.84. The molecule has 0 radical (unpaired) electrons. The highest BCUT2D eigenvalue weighted by atomic mass is 16.5. The number of carbonyl (C=O) groups excluding carboxylic acids is 1. The number of hydrogen-bond donors (Lipinski definition) is 2. The van der Waals surface area contributed by atoms with Crippen molar-refractivity contribution in [2.75, 3.05) is 0 Å². The van der Waals surface area contributed by atoms with E-state index in [0.717, 1.165) is 19.3 Å². The Labute approximate surface area is 113 Å². The Kier molecular flexibility index (Phi) is 4.43. The van der Waals surface area contributed by atoms with Gasteiger partial charge in [0.05, 0.1) is 17.8 Å². The van der Waals surface area contributed by atoms with Crippen LogP contribution in [0.15, 0.2) is 18.2 Å². The molecule has 1 heterocycles. The van der Waals surface area contributed by atoms with Gasteiger partial charge >= 0.3 is 0 Å². The summed E-state index contributed by atoms with van der Waals surface area (Å²) in [7, 11) is 0. The van der Waals surface area contributed by atoms with Gasteiger partial charge < -0.3 is 14.9 Å². The van der Waals surface area contributed by atoms with Crippen molar-refractivity contribution in [3.05, 3.63) is 23.8 Å². The minimum atomic E-state index is -0.163. The molecule has 1 aliphatic rings. The molecule has 0 unspecified atom stereocenters. The van der Waals surface area contributed by atoms with Crippen LogP contribution < -0.4 is 0 Å². The summed E-state index contributed by atoms with van der Waals surface area (Å²) in [6.45, 7) is 2.10. The van der Waals surface area contributed by atoms with Gasteiger partial charge in [-0.25, -0.2) is 0 Å². The minimum absolute atomic E-state index is 0.0426. The molecule has 0 aromatic heterocycles. The zero-order chi connectivity index (χ0) is 13.8. The number of ether oxygens (including phenoxy) is 1. The molecular weight excluding hydrogens is 244 g/mol. The van der Waals surface area contributed by atoms with Crippen LogP contribution in [-0.2, 0) is 4.74 Å². The van der Waals surface area contributed by atoms with Crippen LogP contribution in [0.4, 0.5) is 0 Å². The first-order valence-electron chi connectivity index (χ1n) is 6.80. The van der Waals surface area contributed by atoms with Crippen molar-refractivity contribution < 1.29 is 19.7 Å². The smallest absolute Gasteiger partial charge is 0.166 e. The molecule has 104 valence electrons. The van der Waals surface area contributed by atoms with Crippen LogP contribution in [0.3, 0.4) is 0 Å². The molecule has 1 aliphatic heterocycles. The number of aromatic hydroxyl groups is 2. The molecule has 0 spiro atoms. The van der Waals surface area contributed by atoms with E-state index in [4.69, 9.17) is 4.74 Å². The molecule has 2 N–H and O–H groups in total. The Hall–Kier alpha value is -1.55. The molecule has 4 heteroatoms. The number of hydrogen-bond acceptors (Lipinski definition) is 4. The molecule has 19 heavy (non-hydrogen) atoms. The van der Waals surface area contributed by atoms with Crippen LogP contribution in [0, 0.1) is 0 Å². The van der Waals surface area contributed by atoms with E-state index < -0.39 is 0 Å². The molecule has 1 aromatic carbocycles. The van der Waals surface area contributed by atoms with Crippen molar-refractivity contribution in [3.63, 3.8) is 0 Å². The monoisotopic (exact) mass is 264 g/mol. The van der Waals surface area contributed by atoms with E-state index in [1.807, 2.05) is 0 Å². The van der Waals surface area contributed by atoms with Crippen LogP contribution in [0.1, 0.15) is 49.4 Å². The standard InChI is InChI=1S/C15H20O4/c1-2-11-4-5-12(19-11)6-8-14(17)13-7-3-10(16)9-15(13)18/h3,7,9,11-12,16,18H,2,4-6,8H2,1H3/t11-,12-/m1/s1. The van der Waals surface area contributed by atoms with E-state index >= 15 is 0 Å². The van der Waals surface area contributed by atoms with Crippen LogP contribution in [-0.4, -0.2) is 28.2 Å². The lowest BCUT2D eigenvalue weighted by atomic mass is 10.0. The fourth-order valence-corrected chi connectivity index (χ4v) is 2.48. The summed E-state index contributed by atoms with van der Waals surface area (Å²) in [4.78, 5) is 12.0. The number of carbonyl (C=O) groups is 1. The topological polar surface area (TPSA) is 66.8 Å². The van der Waals surface area contributed by atoms with Gasteiger partial charge in [0.1, 0.15) is 11.5 Å². The number of Topliss-reactive ketones (excluding diaryl/α,β-unsaturated/α-hetero) is 1. The van der Waals surface area contributed by atoms with Gasteiger partial charge in [-0.2, -0.15) is 0 Å². The molecule has 1 saturated heterocycles. The van der Waals surface area contributed by atoms with Crippen molar-refractivity contribution in [2.45, 2.75) is 51.2 Å². The largest absolute Gasteiger partial charge is 0.508 e. The van der Waals surface area contributed by atoms with Gasteiger partial charge in [0, 0.05) is 12.5 Å². The summed E-state index contributed by atoms with van der Waals surface area (Å²) in [6, 6.07) is 4.05. The SMILES string of the molecule is CC[C@@H]1CC[C@H](CCC(=O)c2ccc(O)cc2O)O1. The highest BCUT2D eigenvalue weighted by molar-refractivity contribution is 5.98. The fraction of sp³-hybridized carbons (Fsp3) is 0.533. The van der Waals surface area contributed by atoms with Gasteiger partial charge in [-0.15, -0.1) is 0 Å². The highest BCUT2D eigenvalue weighted by Gasteiger charge is 2.24. The van der Waals surface area contributed by atoms with E-state index in [2.05, 4.69) is 6.92 Å². The third-order valence-electron chi connectivity index (χ3n) is 3.63. The number of benzene rings is 1. The quantitative estimate of drug-likeness (QED) is 0.802. The number of phenols is 2. The molecule has 1 fully saturated rings. The van der Waals surface area contributed by atoms with Gasteiger partial charge in [-0.1, -0.05) is 6.92 Å². The van der Waals surface area contributed by atoms with Crippen LogP contribution in [0.25, 0.3) is 0 Å². The molecule has 0 amide bonds. The summed E-state index contributed by atoms with van der Waals surface area (Å²) >= 11 is 0. The highest BCUT2D eigenvalue weighted by Crippen LogP contribution is 2.27. The van der Waals surface area contributed by atoms with Gasteiger partial charge in [-0.05, 0) is 37.8 Å². The third-order valence-corrected chi connectivity index (χ3v) is 3.63. The Morgan fingerprint density at radius 2 is 2.05 bits per heavy atom. The normalized spacial score (nSPS) is 22.6. The van der Waals surface area contributed by atoms with E-state index in [0.29, 0.717) is 18.9 Å². The lowest BCUT2D eigenvalue weighted by Crippen LogP contribution is -2.12. The van der Waals surface area contributed by atoms with Crippen molar-refractivity contribution in [1.29, 1.82) is 0 Å². The van der Waals surface area contributed by atoms with Crippen molar-refractivity contribution in [3.8, 4) is 11.5 Å². The van der Waals surface area contributed by atoms with Crippen LogP contribution in [0.5, 0.6) is 11.5 Å². The maximum atomic E-state index is 12.0. The van der Waals surface area contributed by atoms with Gasteiger partial charge in [-0.3, -0.25) is 4.79 Å². The molecule has 2 atom stereocenters. The van der Waals surface area contributed by atoms with Gasteiger partial charge in [0.2, 0.25) is 0 Å². The zero-order valence-corrected chi connectivity index (χ0v) is 11.1. The predicted octanol–water partition coefficient (Wildman–Crippen LogP) is 3.02. The maximum Gasteiger partial charge on any atom is 0.166 e. The van der Waals surface area contributed by atoms with Crippen LogP contribution >= 0.6 is 0 Å². The molecule has 1 aromatic rings. The van der Waals surface area contributed by atoms with Crippen molar-refractivity contribution in [2.24, 2.45) is 0 Å². The summed E-state index contributed by atoms with van der Waals surface area (Å²) in [5.74, 6) is -0.316. The predicted molar refractivity (Wildman–Crippen MR) is 71.5 cm³/mol. The average molecular weight is 264 g/mol. The van der Waals surface area contributed by atoms with Gasteiger partial charge in [0.15, 0.2) is 5.78 Å². The second kappa shape index (κ2) is 6.06. The Balaban J connectivity index is 1.88. The molecule has 0 saturated carbocycles.